The maximum Gasteiger partial charge on any atom is 0.326 e. The zero-order chi connectivity index (χ0) is 29.1. The molecule has 2 rings (SSSR count). The number of phenolic OH excluding ortho intramolecular Hbond substituents is 2. The number of aliphatic carboxylic acids is 1. The van der Waals surface area contributed by atoms with Crippen LogP contribution in [0.5, 0.6) is 11.5 Å². The molecule has 0 saturated carbocycles. The summed E-state index contributed by atoms with van der Waals surface area (Å²) >= 11 is 0. The Morgan fingerprint density at radius 1 is 0.718 bits per heavy atom. The number of phenols is 2. The lowest BCUT2D eigenvalue weighted by atomic mass is 10.00. The molecule has 0 aliphatic rings. The molecule has 0 radical (unpaired) electrons. The molecule has 2 aromatic carbocycles. The van der Waals surface area contributed by atoms with Crippen molar-refractivity contribution in [2.45, 2.75) is 57.3 Å². The number of rotatable bonds is 14. The number of aliphatic hydroxyl groups excluding tert-OH is 1. The topological polar surface area (TPSA) is 211 Å². The van der Waals surface area contributed by atoms with Gasteiger partial charge in [-0.3, -0.25) is 14.4 Å². The first-order valence-corrected chi connectivity index (χ1v) is 12.5. The van der Waals surface area contributed by atoms with Gasteiger partial charge in [0.25, 0.3) is 0 Å². The maximum absolute atomic E-state index is 13.3. The lowest BCUT2D eigenvalue weighted by molar-refractivity contribution is -0.142. The molecule has 39 heavy (non-hydrogen) atoms. The van der Waals surface area contributed by atoms with Crippen LogP contribution >= 0.6 is 0 Å². The SMILES string of the molecule is CC(C)C[C@H](NC(=O)[C@@H](N)CO)C(=O)N[C@@H](Cc1ccc(O)cc1)C(=O)N[C@@H](Cc1ccc(O)cc1)C(=O)O. The zero-order valence-electron chi connectivity index (χ0n) is 21.8. The van der Waals surface area contributed by atoms with Crippen LogP contribution in [-0.4, -0.2) is 74.9 Å². The maximum atomic E-state index is 13.3. The third-order valence-corrected chi connectivity index (χ3v) is 5.87. The Kier molecular flexibility index (Phi) is 11.7. The summed E-state index contributed by atoms with van der Waals surface area (Å²) in [5.41, 5.74) is 6.70. The van der Waals surface area contributed by atoms with Crippen LogP contribution in [0.2, 0.25) is 0 Å². The van der Waals surface area contributed by atoms with Crippen molar-refractivity contribution in [3.8, 4) is 11.5 Å². The van der Waals surface area contributed by atoms with Crippen molar-refractivity contribution in [2.75, 3.05) is 6.61 Å². The molecule has 0 aliphatic carbocycles. The van der Waals surface area contributed by atoms with E-state index in [4.69, 9.17) is 5.73 Å². The van der Waals surface area contributed by atoms with Gasteiger partial charge in [0.2, 0.25) is 17.7 Å². The summed E-state index contributed by atoms with van der Waals surface area (Å²) in [4.78, 5) is 50.7. The molecule has 2 aromatic rings. The van der Waals surface area contributed by atoms with E-state index in [1.165, 1.54) is 36.4 Å². The molecule has 0 bridgehead atoms. The second-order valence-electron chi connectivity index (χ2n) is 9.68. The van der Waals surface area contributed by atoms with Gasteiger partial charge in [-0.1, -0.05) is 38.1 Å². The highest BCUT2D eigenvalue weighted by atomic mass is 16.4. The second kappa shape index (κ2) is 14.7. The normalized spacial score (nSPS) is 14.1. The summed E-state index contributed by atoms with van der Waals surface area (Å²) in [6.07, 6.45) is 0.0933. The van der Waals surface area contributed by atoms with Crippen molar-refractivity contribution in [2.24, 2.45) is 11.7 Å². The minimum absolute atomic E-state index is 0.00329. The minimum Gasteiger partial charge on any atom is -0.508 e. The molecule has 0 fully saturated rings. The average molecular weight is 545 g/mol. The predicted molar refractivity (Wildman–Crippen MR) is 142 cm³/mol. The molecule has 0 unspecified atom stereocenters. The van der Waals surface area contributed by atoms with E-state index in [0.717, 1.165) is 0 Å². The van der Waals surface area contributed by atoms with Gasteiger partial charge in [0.15, 0.2) is 0 Å². The van der Waals surface area contributed by atoms with Crippen LogP contribution in [0, 0.1) is 5.92 Å². The van der Waals surface area contributed by atoms with Gasteiger partial charge in [0, 0.05) is 12.8 Å². The summed E-state index contributed by atoms with van der Waals surface area (Å²) in [6.45, 7) is 3.05. The quantitative estimate of drug-likeness (QED) is 0.158. The van der Waals surface area contributed by atoms with Gasteiger partial charge in [-0.2, -0.15) is 0 Å². The summed E-state index contributed by atoms with van der Waals surface area (Å²) < 4.78 is 0. The van der Waals surface area contributed by atoms with E-state index in [1.54, 1.807) is 12.1 Å². The fourth-order valence-corrected chi connectivity index (χ4v) is 3.75. The van der Waals surface area contributed by atoms with Gasteiger partial charge >= 0.3 is 5.97 Å². The van der Waals surface area contributed by atoms with Crippen LogP contribution in [0.25, 0.3) is 0 Å². The van der Waals surface area contributed by atoms with Crippen LogP contribution in [0.15, 0.2) is 48.5 Å². The highest BCUT2D eigenvalue weighted by Gasteiger charge is 2.31. The molecular formula is C27H36N4O8. The summed E-state index contributed by atoms with van der Waals surface area (Å²) in [5, 5.41) is 45.5. The number of benzene rings is 2. The Labute approximate surface area is 226 Å². The molecule has 0 aliphatic heterocycles. The Bertz CT molecular complexity index is 1120. The van der Waals surface area contributed by atoms with E-state index in [9.17, 15) is 39.6 Å². The van der Waals surface area contributed by atoms with Crippen LogP contribution in [-0.2, 0) is 32.0 Å². The Hall–Kier alpha value is -4.16. The smallest absolute Gasteiger partial charge is 0.326 e. The number of carbonyl (C=O) groups excluding carboxylic acids is 3. The van der Waals surface area contributed by atoms with E-state index in [0.29, 0.717) is 11.1 Å². The van der Waals surface area contributed by atoms with Crippen molar-refractivity contribution in [3.63, 3.8) is 0 Å². The second-order valence-corrected chi connectivity index (χ2v) is 9.68. The fraction of sp³-hybridized carbons (Fsp3) is 0.407. The van der Waals surface area contributed by atoms with E-state index >= 15 is 0 Å². The molecule has 212 valence electrons. The molecule has 0 saturated heterocycles. The van der Waals surface area contributed by atoms with Crippen molar-refractivity contribution >= 4 is 23.7 Å². The number of aliphatic hydroxyl groups is 1. The van der Waals surface area contributed by atoms with E-state index < -0.39 is 54.5 Å². The predicted octanol–water partition coefficient (Wildman–Crippen LogP) is -0.212. The van der Waals surface area contributed by atoms with Gasteiger partial charge in [-0.05, 0) is 47.7 Å². The number of aromatic hydroxyl groups is 2. The van der Waals surface area contributed by atoms with Crippen molar-refractivity contribution in [3.05, 3.63) is 59.7 Å². The lowest BCUT2D eigenvalue weighted by Gasteiger charge is -2.26. The van der Waals surface area contributed by atoms with Crippen molar-refractivity contribution in [1.82, 2.24) is 16.0 Å². The first kappa shape index (κ1) is 31.1. The first-order chi connectivity index (χ1) is 18.4. The molecule has 0 aromatic heterocycles. The van der Waals surface area contributed by atoms with Crippen LogP contribution < -0.4 is 21.7 Å². The molecule has 3 amide bonds. The number of amides is 3. The Morgan fingerprint density at radius 3 is 1.56 bits per heavy atom. The van der Waals surface area contributed by atoms with Gasteiger partial charge in [0.05, 0.1) is 6.61 Å². The first-order valence-electron chi connectivity index (χ1n) is 12.5. The van der Waals surface area contributed by atoms with Crippen LogP contribution in [0.3, 0.4) is 0 Å². The lowest BCUT2D eigenvalue weighted by Crippen LogP contribution is -2.58. The van der Waals surface area contributed by atoms with Gasteiger partial charge < -0.3 is 42.1 Å². The van der Waals surface area contributed by atoms with Crippen molar-refractivity contribution in [1.29, 1.82) is 0 Å². The number of carboxylic acid groups (broad SMARTS) is 1. The Balaban J connectivity index is 2.28. The van der Waals surface area contributed by atoms with Gasteiger partial charge in [-0.25, -0.2) is 4.79 Å². The molecule has 9 N–H and O–H groups in total. The van der Waals surface area contributed by atoms with E-state index in [-0.39, 0.29) is 36.7 Å². The molecular weight excluding hydrogens is 508 g/mol. The monoisotopic (exact) mass is 544 g/mol. The number of hydrogen-bond acceptors (Lipinski definition) is 8. The minimum atomic E-state index is -1.34. The van der Waals surface area contributed by atoms with Crippen LogP contribution in [0.1, 0.15) is 31.4 Å². The highest BCUT2D eigenvalue weighted by molar-refractivity contribution is 5.94. The number of carbonyl (C=O) groups is 4. The number of hydrogen-bond donors (Lipinski definition) is 8. The van der Waals surface area contributed by atoms with E-state index in [1.807, 2.05) is 13.8 Å². The number of nitrogens with two attached hydrogens (primary N) is 1. The number of nitrogens with one attached hydrogen (secondary N) is 3. The third kappa shape index (κ3) is 10.3. The summed E-state index contributed by atoms with van der Waals surface area (Å²) in [5.74, 6) is -3.52. The Morgan fingerprint density at radius 2 is 1.13 bits per heavy atom. The number of carboxylic acids is 1. The average Bonchev–Trinajstić information content (AvgIpc) is 2.88. The largest absolute Gasteiger partial charge is 0.508 e. The highest BCUT2D eigenvalue weighted by Crippen LogP contribution is 2.14. The van der Waals surface area contributed by atoms with Gasteiger partial charge in [-0.15, -0.1) is 0 Å². The third-order valence-electron chi connectivity index (χ3n) is 5.87. The fourth-order valence-electron chi connectivity index (χ4n) is 3.75. The van der Waals surface area contributed by atoms with Gasteiger partial charge in [0.1, 0.15) is 35.7 Å². The zero-order valence-corrected chi connectivity index (χ0v) is 21.8. The summed E-state index contributed by atoms with van der Waals surface area (Å²) in [7, 11) is 0. The van der Waals surface area contributed by atoms with E-state index in [2.05, 4.69) is 16.0 Å². The van der Waals surface area contributed by atoms with Crippen LogP contribution in [0.4, 0.5) is 0 Å². The summed E-state index contributed by atoms with van der Waals surface area (Å²) in [6, 6.07) is 6.91. The standard InChI is InChI=1S/C27H36N4O8/c1-15(2)11-21(29-24(35)20(28)14-32)25(36)30-22(12-16-3-7-18(33)8-4-16)26(37)31-23(27(38)39)13-17-5-9-19(34)10-6-17/h3-10,15,20-23,32-34H,11-14,28H2,1-2H3,(H,29,35)(H,30,36)(H,31,37)(H,38,39)/t20-,21-,22-,23-/m0/s1. The molecule has 0 heterocycles. The van der Waals surface area contributed by atoms with Crippen molar-refractivity contribution < 1.29 is 39.6 Å². The molecule has 12 nitrogen and oxygen atoms in total. The molecule has 4 atom stereocenters. The molecule has 12 heteroatoms. The molecule has 0 spiro atoms.